The highest BCUT2D eigenvalue weighted by molar-refractivity contribution is 5.50. The van der Waals surface area contributed by atoms with Gasteiger partial charge in [0.2, 0.25) is 0 Å². The van der Waals surface area contributed by atoms with Gasteiger partial charge in [0, 0.05) is 37.3 Å². The molecule has 106 valence electrons. The molecule has 0 bridgehead atoms. The van der Waals surface area contributed by atoms with Crippen molar-refractivity contribution in [1.29, 1.82) is 0 Å². The maximum atomic E-state index is 5.59. The van der Waals surface area contributed by atoms with E-state index >= 15 is 0 Å². The van der Waals surface area contributed by atoms with Gasteiger partial charge in [-0.05, 0) is 18.7 Å². The SMILES string of the molecule is CCNC1COCC1CN(C)c1cccc(OC)c1. The summed E-state index contributed by atoms with van der Waals surface area (Å²) in [6, 6.07) is 8.64. The van der Waals surface area contributed by atoms with E-state index in [4.69, 9.17) is 9.47 Å². The van der Waals surface area contributed by atoms with Gasteiger partial charge in [-0.15, -0.1) is 0 Å². The summed E-state index contributed by atoms with van der Waals surface area (Å²) in [6.07, 6.45) is 0. The quantitative estimate of drug-likeness (QED) is 0.849. The molecule has 4 nitrogen and oxygen atoms in total. The molecule has 0 aliphatic carbocycles. The van der Waals surface area contributed by atoms with Gasteiger partial charge in [0.1, 0.15) is 5.75 Å². The normalized spacial score (nSPS) is 22.5. The Morgan fingerprint density at radius 1 is 1.42 bits per heavy atom. The minimum absolute atomic E-state index is 0.470. The Labute approximate surface area is 115 Å². The van der Waals surface area contributed by atoms with Crippen molar-refractivity contribution in [2.24, 2.45) is 5.92 Å². The third-order valence-corrected chi connectivity index (χ3v) is 3.67. The Balaban J connectivity index is 1.97. The van der Waals surface area contributed by atoms with Crippen LogP contribution in [-0.2, 0) is 4.74 Å². The Bertz CT molecular complexity index is 397. The van der Waals surface area contributed by atoms with E-state index in [2.05, 4.69) is 36.3 Å². The molecule has 1 aliphatic heterocycles. The molecule has 1 fully saturated rings. The molecule has 2 atom stereocenters. The molecular weight excluding hydrogens is 240 g/mol. The van der Waals surface area contributed by atoms with Gasteiger partial charge >= 0.3 is 0 Å². The number of benzene rings is 1. The van der Waals surface area contributed by atoms with E-state index in [1.807, 2.05) is 12.1 Å². The van der Waals surface area contributed by atoms with Crippen LogP contribution in [0.15, 0.2) is 24.3 Å². The zero-order valence-electron chi connectivity index (χ0n) is 12.1. The molecule has 1 N–H and O–H groups in total. The fourth-order valence-corrected chi connectivity index (χ4v) is 2.57. The third-order valence-electron chi connectivity index (χ3n) is 3.67. The van der Waals surface area contributed by atoms with E-state index in [1.54, 1.807) is 7.11 Å². The average molecular weight is 264 g/mol. The summed E-state index contributed by atoms with van der Waals surface area (Å²) < 4.78 is 10.9. The Morgan fingerprint density at radius 2 is 2.26 bits per heavy atom. The molecule has 1 heterocycles. The van der Waals surface area contributed by atoms with Crippen LogP contribution in [0.5, 0.6) is 5.75 Å². The molecule has 0 saturated carbocycles. The first-order valence-corrected chi connectivity index (χ1v) is 6.91. The van der Waals surface area contributed by atoms with Crippen molar-refractivity contribution in [1.82, 2.24) is 5.32 Å². The first-order chi connectivity index (χ1) is 9.24. The lowest BCUT2D eigenvalue weighted by Crippen LogP contribution is -2.40. The maximum Gasteiger partial charge on any atom is 0.120 e. The second-order valence-electron chi connectivity index (χ2n) is 5.04. The molecule has 1 aromatic rings. The van der Waals surface area contributed by atoms with Crippen LogP contribution < -0.4 is 15.0 Å². The second kappa shape index (κ2) is 6.78. The maximum absolute atomic E-state index is 5.59. The van der Waals surface area contributed by atoms with Crippen molar-refractivity contribution in [2.75, 3.05) is 45.4 Å². The number of hydrogen-bond donors (Lipinski definition) is 1. The van der Waals surface area contributed by atoms with Gasteiger partial charge in [0.25, 0.3) is 0 Å². The molecule has 0 amide bonds. The lowest BCUT2D eigenvalue weighted by molar-refractivity contribution is 0.183. The summed E-state index contributed by atoms with van der Waals surface area (Å²) in [5, 5.41) is 3.50. The second-order valence-corrected chi connectivity index (χ2v) is 5.04. The number of hydrogen-bond acceptors (Lipinski definition) is 4. The number of ether oxygens (including phenoxy) is 2. The van der Waals surface area contributed by atoms with Crippen molar-refractivity contribution in [3.05, 3.63) is 24.3 Å². The van der Waals surface area contributed by atoms with Crippen LogP contribution in [-0.4, -0.2) is 46.5 Å². The van der Waals surface area contributed by atoms with Gasteiger partial charge in [0.15, 0.2) is 0 Å². The summed E-state index contributed by atoms with van der Waals surface area (Å²) in [5.74, 6) is 1.44. The Kier molecular flexibility index (Phi) is 5.05. The van der Waals surface area contributed by atoms with E-state index in [1.165, 1.54) is 5.69 Å². The van der Waals surface area contributed by atoms with Crippen LogP contribution in [0.1, 0.15) is 6.92 Å². The topological polar surface area (TPSA) is 33.7 Å². The smallest absolute Gasteiger partial charge is 0.120 e. The monoisotopic (exact) mass is 264 g/mol. The van der Waals surface area contributed by atoms with Crippen molar-refractivity contribution in [3.63, 3.8) is 0 Å². The largest absolute Gasteiger partial charge is 0.497 e. The lowest BCUT2D eigenvalue weighted by atomic mass is 10.0. The number of rotatable bonds is 6. The Morgan fingerprint density at radius 3 is 3.00 bits per heavy atom. The summed E-state index contributed by atoms with van der Waals surface area (Å²) in [5.41, 5.74) is 1.18. The Hall–Kier alpha value is -1.26. The van der Waals surface area contributed by atoms with E-state index in [9.17, 15) is 0 Å². The summed E-state index contributed by atoms with van der Waals surface area (Å²) in [6.45, 7) is 5.79. The fraction of sp³-hybridized carbons (Fsp3) is 0.600. The van der Waals surface area contributed by atoms with E-state index in [0.717, 1.165) is 32.1 Å². The summed E-state index contributed by atoms with van der Waals surface area (Å²) >= 11 is 0. The highest BCUT2D eigenvalue weighted by Crippen LogP contribution is 2.22. The zero-order valence-corrected chi connectivity index (χ0v) is 12.1. The standard InChI is InChI=1S/C15H24N2O2/c1-4-16-15-11-19-10-12(15)9-17(2)13-6-5-7-14(8-13)18-3/h5-8,12,15-16H,4,9-11H2,1-3H3. The molecule has 0 radical (unpaired) electrons. The van der Waals surface area contributed by atoms with Crippen LogP contribution >= 0.6 is 0 Å². The molecule has 4 heteroatoms. The fourth-order valence-electron chi connectivity index (χ4n) is 2.57. The molecule has 1 aliphatic rings. The molecule has 2 rings (SSSR count). The first kappa shape index (κ1) is 14.2. The molecule has 1 saturated heterocycles. The molecular formula is C15H24N2O2. The van der Waals surface area contributed by atoms with Crippen LogP contribution in [0.2, 0.25) is 0 Å². The number of methoxy groups -OCH3 is 1. The van der Waals surface area contributed by atoms with E-state index in [0.29, 0.717) is 12.0 Å². The average Bonchev–Trinajstić information content (AvgIpc) is 2.86. The van der Waals surface area contributed by atoms with Gasteiger partial charge < -0.3 is 19.7 Å². The van der Waals surface area contributed by atoms with Crippen molar-refractivity contribution >= 4 is 5.69 Å². The third kappa shape index (κ3) is 3.61. The first-order valence-electron chi connectivity index (χ1n) is 6.91. The van der Waals surface area contributed by atoms with Gasteiger partial charge in [-0.1, -0.05) is 13.0 Å². The van der Waals surface area contributed by atoms with Crippen LogP contribution in [0.3, 0.4) is 0 Å². The minimum Gasteiger partial charge on any atom is -0.497 e. The predicted octanol–water partition coefficient (Wildman–Crippen LogP) is 1.76. The minimum atomic E-state index is 0.470. The number of anilines is 1. The molecule has 0 aromatic heterocycles. The number of likely N-dealkylation sites (N-methyl/N-ethyl adjacent to an activating group) is 1. The van der Waals surface area contributed by atoms with Crippen molar-refractivity contribution in [2.45, 2.75) is 13.0 Å². The summed E-state index contributed by atoms with van der Waals surface area (Å²) in [4.78, 5) is 2.27. The zero-order chi connectivity index (χ0) is 13.7. The summed E-state index contributed by atoms with van der Waals surface area (Å²) in [7, 11) is 3.82. The lowest BCUT2D eigenvalue weighted by Gasteiger charge is -2.26. The molecule has 0 spiro atoms. The number of nitrogens with one attached hydrogen (secondary N) is 1. The van der Waals surface area contributed by atoms with Crippen molar-refractivity contribution in [3.8, 4) is 5.75 Å². The highest BCUT2D eigenvalue weighted by Gasteiger charge is 2.28. The van der Waals surface area contributed by atoms with Gasteiger partial charge in [-0.25, -0.2) is 0 Å². The molecule has 19 heavy (non-hydrogen) atoms. The van der Waals surface area contributed by atoms with Gasteiger partial charge in [-0.3, -0.25) is 0 Å². The number of nitrogens with zero attached hydrogens (tertiary/aromatic N) is 1. The molecule has 2 unspecified atom stereocenters. The highest BCUT2D eigenvalue weighted by atomic mass is 16.5. The van der Waals surface area contributed by atoms with E-state index < -0.39 is 0 Å². The van der Waals surface area contributed by atoms with Crippen LogP contribution in [0.25, 0.3) is 0 Å². The van der Waals surface area contributed by atoms with E-state index in [-0.39, 0.29) is 0 Å². The van der Waals surface area contributed by atoms with Crippen LogP contribution in [0, 0.1) is 5.92 Å². The van der Waals surface area contributed by atoms with Gasteiger partial charge in [-0.2, -0.15) is 0 Å². The van der Waals surface area contributed by atoms with Crippen LogP contribution in [0.4, 0.5) is 5.69 Å². The predicted molar refractivity (Wildman–Crippen MR) is 78.0 cm³/mol. The molecule has 1 aromatic carbocycles. The van der Waals surface area contributed by atoms with Crippen molar-refractivity contribution < 1.29 is 9.47 Å². The van der Waals surface area contributed by atoms with Gasteiger partial charge in [0.05, 0.1) is 20.3 Å².